The van der Waals surface area contributed by atoms with Crippen molar-refractivity contribution in [2.45, 2.75) is 26.3 Å². The van der Waals surface area contributed by atoms with E-state index < -0.39 is 17.7 Å². The molecule has 0 aliphatic heterocycles. The first-order valence-electron chi connectivity index (χ1n) is 6.44. The summed E-state index contributed by atoms with van der Waals surface area (Å²) < 4.78 is 29.0. The van der Waals surface area contributed by atoms with E-state index in [9.17, 15) is 8.78 Å². The summed E-state index contributed by atoms with van der Waals surface area (Å²) >= 11 is 6.19. The van der Waals surface area contributed by atoms with E-state index in [4.69, 9.17) is 17.4 Å². The van der Waals surface area contributed by atoms with Gasteiger partial charge in [-0.05, 0) is 25.5 Å². The summed E-state index contributed by atoms with van der Waals surface area (Å²) in [6.45, 7) is 3.37. The summed E-state index contributed by atoms with van der Waals surface area (Å²) in [4.78, 5) is 0. The molecule has 0 fully saturated rings. The van der Waals surface area contributed by atoms with Gasteiger partial charge < -0.3 is 0 Å². The molecule has 1 aromatic heterocycles. The number of rotatable bonds is 4. The molecular formula is C14H17ClF2N4. The molecule has 1 aromatic carbocycles. The van der Waals surface area contributed by atoms with Gasteiger partial charge in [0.2, 0.25) is 0 Å². The summed E-state index contributed by atoms with van der Waals surface area (Å²) in [6, 6.07) is 1.79. The topological polar surface area (TPSA) is 55.9 Å². The number of hydrazine groups is 1. The first-order valence-corrected chi connectivity index (χ1v) is 6.82. The van der Waals surface area contributed by atoms with Gasteiger partial charge in [-0.25, -0.2) is 8.78 Å². The van der Waals surface area contributed by atoms with Crippen LogP contribution in [0.5, 0.6) is 0 Å². The van der Waals surface area contributed by atoms with Crippen LogP contribution in [0.25, 0.3) is 0 Å². The van der Waals surface area contributed by atoms with Crippen LogP contribution >= 0.6 is 11.6 Å². The largest absolute Gasteiger partial charge is 0.271 e. The van der Waals surface area contributed by atoms with E-state index in [1.54, 1.807) is 25.6 Å². The monoisotopic (exact) mass is 314 g/mol. The smallest absolute Gasteiger partial charge is 0.130 e. The van der Waals surface area contributed by atoms with Gasteiger partial charge in [-0.15, -0.1) is 0 Å². The fourth-order valence-corrected chi connectivity index (χ4v) is 2.54. The summed E-state index contributed by atoms with van der Waals surface area (Å²) in [7, 11) is 1.76. The fourth-order valence-electron chi connectivity index (χ4n) is 2.30. The molecule has 0 radical (unpaired) electrons. The normalized spacial score (nSPS) is 12.7. The third-order valence-corrected chi connectivity index (χ3v) is 4.01. The molecule has 4 nitrogen and oxygen atoms in total. The van der Waals surface area contributed by atoms with Crippen LogP contribution < -0.4 is 11.3 Å². The van der Waals surface area contributed by atoms with Gasteiger partial charge in [0.05, 0.1) is 22.5 Å². The number of nitrogens with zero attached hydrogens (tertiary/aromatic N) is 2. The number of halogens is 3. The van der Waals surface area contributed by atoms with Gasteiger partial charge in [-0.3, -0.25) is 16.0 Å². The van der Waals surface area contributed by atoms with Crippen LogP contribution in [-0.4, -0.2) is 9.78 Å². The van der Waals surface area contributed by atoms with Crippen molar-refractivity contribution in [1.82, 2.24) is 15.2 Å². The van der Waals surface area contributed by atoms with Gasteiger partial charge in [0.25, 0.3) is 0 Å². The Morgan fingerprint density at radius 1 is 1.33 bits per heavy atom. The second-order valence-corrected chi connectivity index (χ2v) is 5.39. The SMILES string of the molecule is Cc1cc(C(Cc2c(Cl)c(C)nn2C)NN)c(F)cc1F. The van der Waals surface area contributed by atoms with Crippen molar-refractivity contribution in [3.63, 3.8) is 0 Å². The van der Waals surface area contributed by atoms with E-state index in [1.165, 1.54) is 6.07 Å². The van der Waals surface area contributed by atoms with Crippen LogP contribution in [0.4, 0.5) is 8.78 Å². The molecule has 1 unspecified atom stereocenters. The van der Waals surface area contributed by atoms with Gasteiger partial charge in [0, 0.05) is 25.1 Å². The molecule has 0 amide bonds. The number of aromatic nitrogens is 2. The molecule has 3 N–H and O–H groups in total. The molecular weight excluding hydrogens is 298 g/mol. The van der Waals surface area contributed by atoms with E-state index in [0.717, 1.165) is 11.8 Å². The molecule has 1 heterocycles. The lowest BCUT2D eigenvalue weighted by atomic mass is 9.99. The quantitative estimate of drug-likeness (QED) is 0.674. The maximum Gasteiger partial charge on any atom is 0.130 e. The minimum atomic E-state index is -0.643. The highest BCUT2D eigenvalue weighted by atomic mass is 35.5. The van der Waals surface area contributed by atoms with Crippen molar-refractivity contribution in [3.05, 3.63) is 51.3 Å². The average Bonchev–Trinajstić information content (AvgIpc) is 2.66. The molecule has 21 heavy (non-hydrogen) atoms. The predicted octanol–water partition coefficient (Wildman–Crippen LogP) is 2.72. The molecule has 0 aliphatic rings. The van der Waals surface area contributed by atoms with Crippen molar-refractivity contribution in [2.75, 3.05) is 0 Å². The third-order valence-electron chi connectivity index (χ3n) is 3.51. The number of aryl methyl sites for hydroxylation is 3. The maximum absolute atomic E-state index is 14.0. The van der Waals surface area contributed by atoms with Crippen LogP contribution in [0, 0.1) is 25.5 Å². The van der Waals surface area contributed by atoms with E-state index in [1.807, 2.05) is 0 Å². The summed E-state index contributed by atoms with van der Waals surface area (Å²) in [5, 5.41) is 4.73. The Morgan fingerprint density at radius 3 is 2.52 bits per heavy atom. The highest BCUT2D eigenvalue weighted by Gasteiger charge is 2.21. The van der Waals surface area contributed by atoms with Crippen molar-refractivity contribution in [2.24, 2.45) is 12.9 Å². The van der Waals surface area contributed by atoms with Crippen molar-refractivity contribution >= 4 is 11.6 Å². The Bertz CT molecular complexity index is 669. The minimum absolute atomic E-state index is 0.298. The standard InChI is InChI=1S/C14H17ClF2N4/c1-7-4-9(11(17)5-10(7)16)12(19-18)6-13-14(15)8(2)20-21(13)3/h4-5,12,19H,6,18H2,1-3H3. The Balaban J connectivity index is 2.39. The van der Waals surface area contributed by atoms with Gasteiger partial charge >= 0.3 is 0 Å². The zero-order valence-electron chi connectivity index (χ0n) is 12.0. The van der Waals surface area contributed by atoms with Crippen LogP contribution in [0.1, 0.15) is 28.6 Å². The number of hydrogen-bond donors (Lipinski definition) is 2. The zero-order valence-corrected chi connectivity index (χ0v) is 12.8. The lowest BCUT2D eigenvalue weighted by Gasteiger charge is -2.18. The predicted molar refractivity (Wildman–Crippen MR) is 77.8 cm³/mol. The first kappa shape index (κ1) is 15.9. The van der Waals surface area contributed by atoms with Gasteiger partial charge in [-0.1, -0.05) is 11.6 Å². The molecule has 0 saturated heterocycles. The second-order valence-electron chi connectivity index (χ2n) is 5.02. The number of nitrogens with one attached hydrogen (secondary N) is 1. The Hall–Kier alpha value is -1.50. The second kappa shape index (κ2) is 6.09. The third kappa shape index (κ3) is 3.07. The zero-order chi connectivity index (χ0) is 15.7. The van der Waals surface area contributed by atoms with E-state index in [-0.39, 0.29) is 0 Å². The Kier molecular flexibility index (Phi) is 4.61. The first-order chi connectivity index (χ1) is 9.85. The summed E-state index contributed by atoms with van der Waals surface area (Å²) in [5.74, 6) is 4.31. The molecule has 1 atom stereocenters. The van der Waals surface area contributed by atoms with Gasteiger partial charge in [0.1, 0.15) is 11.6 Å². The molecule has 2 rings (SSSR count). The minimum Gasteiger partial charge on any atom is -0.271 e. The maximum atomic E-state index is 14.0. The van der Waals surface area contributed by atoms with Gasteiger partial charge in [0.15, 0.2) is 0 Å². The lowest BCUT2D eigenvalue weighted by molar-refractivity contribution is 0.490. The highest BCUT2D eigenvalue weighted by molar-refractivity contribution is 6.31. The Labute approximate surface area is 126 Å². The number of nitrogens with two attached hydrogens (primary N) is 1. The summed E-state index contributed by atoms with van der Waals surface area (Å²) in [5.41, 5.74) is 4.64. The van der Waals surface area contributed by atoms with Crippen LogP contribution in [0.2, 0.25) is 5.02 Å². The van der Waals surface area contributed by atoms with E-state index in [2.05, 4.69) is 10.5 Å². The molecule has 0 aliphatic carbocycles. The van der Waals surface area contributed by atoms with Crippen LogP contribution in [0.15, 0.2) is 12.1 Å². The molecule has 0 bridgehead atoms. The van der Waals surface area contributed by atoms with E-state index >= 15 is 0 Å². The van der Waals surface area contributed by atoms with Crippen LogP contribution in [0.3, 0.4) is 0 Å². The highest BCUT2D eigenvalue weighted by Crippen LogP contribution is 2.27. The Morgan fingerprint density at radius 2 is 2.00 bits per heavy atom. The van der Waals surface area contributed by atoms with Crippen molar-refractivity contribution in [1.29, 1.82) is 0 Å². The molecule has 0 saturated carbocycles. The van der Waals surface area contributed by atoms with Crippen molar-refractivity contribution in [3.8, 4) is 0 Å². The van der Waals surface area contributed by atoms with Crippen LogP contribution in [-0.2, 0) is 13.5 Å². The number of hydrogen-bond acceptors (Lipinski definition) is 3. The van der Waals surface area contributed by atoms with E-state index in [0.29, 0.717) is 28.3 Å². The van der Waals surface area contributed by atoms with Crippen molar-refractivity contribution < 1.29 is 8.78 Å². The molecule has 114 valence electrons. The van der Waals surface area contributed by atoms with Gasteiger partial charge in [-0.2, -0.15) is 5.10 Å². The average molecular weight is 315 g/mol. The fraction of sp³-hybridized carbons (Fsp3) is 0.357. The number of benzene rings is 1. The summed E-state index contributed by atoms with van der Waals surface area (Å²) in [6.07, 6.45) is 0.342. The molecule has 2 aromatic rings. The lowest BCUT2D eigenvalue weighted by Crippen LogP contribution is -2.31. The molecule has 7 heteroatoms. The molecule has 0 spiro atoms.